The van der Waals surface area contributed by atoms with E-state index in [-0.39, 0.29) is 0 Å². The minimum atomic E-state index is -0.479. The lowest BCUT2D eigenvalue weighted by molar-refractivity contribution is 0.100. The average Bonchev–Trinajstić information content (AvgIpc) is 2.39. The van der Waals surface area contributed by atoms with Crippen molar-refractivity contribution >= 4 is 17.4 Å². The molecule has 0 atom stereocenters. The molecule has 0 aromatic carbocycles. The topological polar surface area (TPSA) is 85.2 Å². The number of nitrogens with two attached hydrogens (primary N) is 2. The Morgan fingerprint density at radius 2 is 2.06 bits per heavy atom. The van der Waals surface area contributed by atoms with Crippen LogP contribution in [0.4, 0.5) is 11.5 Å². The second kappa shape index (κ2) is 5.25. The van der Waals surface area contributed by atoms with Crippen LogP contribution in [0.2, 0.25) is 0 Å². The molecule has 1 aromatic rings. The zero-order valence-electron chi connectivity index (χ0n) is 10.7. The maximum atomic E-state index is 11.5. The number of carbonyl (C=O) groups excluding carboxylic acids is 1. The molecular formula is C13H20N4O. The van der Waals surface area contributed by atoms with E-state index >= 15 is 0 Å². The number of anilines is 2. The zero-order chi connectivity index (χ0) is 13.1. The molecule has 98 valence electrons. The summed E-state index contributed by atoms with van der Waals surface area (Å²) in [5.74, 6) is 0.163. The number of pyridine rings is 1. The SMILES string of the molecule is CN(c1ncc(N)cc1C(N)=O)C1CCCCC1. The molecule has 0 aliphatic heterocycles. The molecule has 0 spiro atoms. The molecule has 18 heavy (non-hydrogen) atoms. The van der Waals surface area contributed by atoms with E-state index in [1.807, 2.05) is 7.05 Å². The third-order valence-electron chi connectivity index (χ3n) is 3.61. The molecule has 1 aromatic heterocycles. The molecule has 4 N–H and O–H groups in total. The van der Waals surface area contributed by atoms with Gasteiger partial charge in [-0.3, -0.25) is 4.79 Å². The van der Waals surface area contributed by atoms with E-state index < -0.39 is 5.91 Å². The highest BCUT2D eigenvalue weighted by Crippen LogP contribution is 2.27. The van der Waals surface area contributed by atoms with Crippen molar-refractivity contribution in [2.24, 2.45) is 5.73 Å². The van der Waals surface area contributed by atoms with Crippen LogP contribution >= 0.6 is 0 Å². The van der Waals surface area contributed by atoms with Gasteiger partial charge in [0.15, 0.2) is 0 Å². The van der Waals surface area contributed by atoms with Crippen LogP contribution in [0.15, 0.2) is 12.3 Å². The molecule has 1 saturated carbocycles. The lowest BCUT2D eigenvalue weighted by Crippen LogP contribution is -2.35. The second-order valence-electron chi connectivity index (χ2n) is 4.91. The van der Waals surface area contributed by atoms with Gasteiger partial charge in [-0.1, -0.05) is 19.3 Å². The molecule has 1 aliphatic rings. The number of hydrogen-bond acceptors (Lipinski definition) is 4. The maximum absolute atomic E-state index is 11.5. The molecule has 0 saturated heterocycles. The first-order valence-electron chi connectivity index (χ1n) is 6.37. The van der Waals surface area contributed by atoms with Gasteiger partial charge in [-0.05, 0) is 18.9 Å². The van der Waals surface area contributed by atoms with Crippen LogP contribution in [-0.4, -0.2) is 24.0 Å². The fraction of sp³-hybridized carbons (Fsp3) is 0.538. The van der Waals surface area contributed by atoms with E-state index in [1.54, 1.807) is 12.3 Å². The van der Waals surface area contributed by atoms with Crippen molar-refractivity contribution in [3.8, 4) is 0 Å². The Bertz CT molecular complexity index is 441. The fourth-order valence-corrected chi connectivity index (χ4v) is 2.58. The van der Waals surface area contributed by atoms with Gasteiger partial charge in [0.1, 0.15) is 5.82 Å². The van der Waals surface area contributed by atoms with Crippen molar-refractivity contribution in [3.05, 3.63) is 17.8 Å². The highest BCUT2D eigenvalue weighted by atomic mass is 16.1. The Morgan fingerprint density at radius 3 is 2.67 bits per heavy atom. The van der Waals surface area contributed by atoms with Crippen molar-refractivity contribution in [1.29, 1.82) is 0 Å². The average molecular weight is 248 g/mol. The van der Waals surface area contributed by atoms with Gasteiger partial charge >= 0.3 is 0 Å². The van der Waals surface area contributed by atoms with Crippen LogP contribution in [0.3, 0.4) is 0 Å². The number of nitrogens with zero attached hydrogens (tertiary/aromatic N) is 2. The fourth-order valence-electron chi connectivity index (χ4n) is 2.58. The molecule has 0 radical (unpaired) electrons. The summed E-state index contributed by atoms with van der Waals surface area (Å²) in [5.41, 5.74) is 11.9. The number of amides is 1. The standard InChI is InChI=1S/C13H20N4O/c1-17(10-5-3-2-4-6-10)13-11(12(15)18)7-9(14)8-16-13/h7-8,10H,2-6,14H2,1H3,(H2,15,18). The summed E-state index contributed by atoms with van der Waals surface area (Å²) in [5, 5.41) is 0. The first kappa shape index (κ1) is 12.7. The molecule has 1 fully saturated rings. The van der Waals surface area contributed by atoms with E-state index in [0.717, 1.165) is 12.8 Å². The van der Waals surface area contributed by atoms with Crippen LogP contribution in [-0.2, 0) is 0 Å². The Balaban J connectivity index is 2.28. The summed E-state index contributed by atoms with van der Waals surface area (Å²) < 4.78 is 0. The molecule has 1 aliphatic carbocycles. The molecule has 2 rings (SSSR count). The number of nitrogen functional groups attached to an aromatic ring is 1. The van der Waals surface area contributed by atoms with Gasteiger partial charge in [0.05, 0.1) is 17.4 Å². The summed E-state index contributed by atoms with van der Waals surface area (Å²) in [7, 11) is 1.97. The Kier molecular flexibility index (Phi) is 3.69. The highest BCUT2D eigenvalue weighted by molar-refractivity contribution is 5.98. The monoisotopic (exact) mass is 248 g/mol. The third kappa shape index (κ3) is 2.55. The first-order chi connectivity index (χ1) is 8.59. The Morgan fingerprint density at radius 1 is 1.39 bits per heavy atom. The summed E-state index contributed by atoms with van der Waals surface area (Å²) in [6.07, 6.45) is 7.61. The molecular weight excluding hydrogens is 228 g/mol. The molecule has 1 amide bonds. The zero-order valence-corrected chi connectivity index (χ0v) is 10.7. The smallest absolute Gasteiger partial charge is 0.252 e. The summed E-state index contributed by atoms with van der Waals surface area (Å²) in [4.78, 5) is 17.8. The lowest BCUT2D eigenvalue weighted by Gasteiger charge is -2.32. The number of rotatable bonds is 3. The minimum absolute atomic E-state index is 0.406. The van der Waals surface area contributed by atoms with Gasteiger partial charge in [-0.15, -0.1) is 0 Å². The molecule has 1 heterocycles. The number of primary amides is 1. The lowest BCUT2D eigenvalue weighted by atomic mass is 9.94. The van der Waals surface area contributed by atoms with Crippen molar-refractivity contribution in [1.82, 2.24) is 4.98 Å². The van der Waals surface area contributed by atoms with Crippen LogP contribution in [0.5, 0.6) is 0 Å². The number of aromatic nitrogens is 1. The summed E-state index contributed by atoms with van der Waals surface area (Å²) >= 11 is 0. The third-order valence-corrected chi connectivity index (χ3v) is 3.61. The van der Waals surface area contributed by atoms with Gasteiger partial charge in [-0.25, -0.2) is 4.98 Å². The van der Waals surface area contributed by atoms with Gasteiger partial charge < -0.3 is 16.4 Å². The van der Waals surface area contributed by atoms with E-state index in [9.17, 15) is 4.79 Å². The van der Waals surface area contributed by atoms with Gasteiger partial charge in [-0.2, -0.15) is 0 Å². The molecule has 0 unspecified atom stereocenters. The number of hydrogen-bond donors (Lipinski definition) is 2. The molecule has 0 bridgehead atoms. The van der Waals surface area contributed by atoms with Crippen molar-refractivity contribution in [2.75, 3.05) is 17.7 Å². The Hall–Kier alpha value is -1.78. The number of carbonyl (C=O) groups is 1. The van der Waals surface area contributed by atoms with Gasteiger partial charge in [0.25, 0.3) is 5.91 Å². The van der Waals surface area contributed by atoms with Gasteiger partial charge in [0, 0.05) is 13.1 Å². The van der Waals surface area contributed by atoms with Crippen LogP contribution in [0.25, 0.3) is 0 Å². The van der Waals surface area contributed by atoms with Crippen molar-refractivity contribution in [3.63, 3.8) is 0 Å². The summed E-state index contributed by atoms with van der Waals surface area (Å²) in [6, 6.07) is 2.04. The normalized spacial score (nSPS) is 16.5. The Labute approximate surface area is 107 Å². The van der Waals surface area contributed by atoms with E-state index in [1.165, 1.54) is 19.3 Å². The predicted octanol–water partition coefficient (Wildman–Crippen LogP) is 1.53. The van der Waals surface area contributed by atoms with Crippen LogP contribution in [0.1, 0.15) is 42.5 Å². The van der Waals surface area contributed by atoms with Crippen LogP contribution in [0, 0.1) is 0 Å². The van der Waals surface area contributed by atoms with Crippen molar-refractivity contribution < 1.29 is 4.79 Å². The van der Waals surface area contributed by atoms with E-state index in [0.29, 0.717) is 23.1 Å². The van der Waals surface area contributed by atoms with Crippen LogP contribution < -0.4 is 16.4 Å². The largest absolute Gasteiger partial charge is 0.397 e. The quantitative estimate of drug-likeness (QED) is 0.849. The summed E-state index contributed by atoms with van der Waals surface area (Å²) in [6.45, 7) is 0. The van der Waals surface area contributed by atoms with Crippen molar-refractivity contribution in [2.45, 2.75) is 38.1 Å². The molecule has 5 nitrogen and oxygen atoms in total. The van der Waals surface area contributed by atoms with E-state index in [2.05, 4.69) is 9.88 Å². The molecule has 5 heteroatoms. The van der Waals surface area contributed by atoms with Gasteiger partial charge in [0.2, 0.25) is 0 Å². The second-order valence-corrected chi connectivity index (χ2v) is 4.91. The highest BCUT2D eigenvalue weighted by Gasteiger charge is 2.22. The predicted molar refractivity (Wildman–Crippen MR) is 72.4 cm³/mol. The maximum Gasteiger partial charge on any atom is 0.252 e. The van der Waals surface area contributed by atoms with E-state index in [4.69, 9.17) is 11.5 Å². The minimum Gasteiger partial charge on any atom is -0.397 e. The first-order valence-corrected chi connectivity index (χ1v) is 6.37.